The van der Waals surface area contributed by atoms with Crippen molar-refractivity contribution in [2.45, 2.75) is 66.5 Å². The van der Waals surface area contributed by atoms with Crippen LogP contribution in [0.1, 0.15) is 54.4 Å². The first-order valence-corrected chi connectivity index (χ1v) is 17.8. The second-order valence-electron chi connectivity index (χ2n) is 7.36. The van der Waals surface area contributed by atoms with Gasteiger partial charge in [0.2, 0.25) is 11.8 Å². The standard InChI is InChI=1S/C22H48N2O8SSi2/c1-7-27-34(28-8-2,29-9-3)17-13-15-23-21(25)19-33-20-22(26)24-16-14-18-35(30-10-4,31-11-5)32-12-6/h7-20H2,1-6H3,(H,23,25)(H,24,26). The summed E-state index contributed by atoms with van der Waals surface area (Å²) >= 11 is 1.29. The predicted molar refractivity (Wildman–Crippen MR) is 143 cm³/mol. The Balaban J connectivity index is 4.14. The quantitative estimate of drug-likeness (QED) is 0.137. The number of nitrogens with one attached hydrogen (secondary N) is 2. The smallest absolute Gasteiger partial charge is 0.374 e. The maximum absolute atomic E-state index is 12.1. The fraction of sp³-hybridized carbons (Fsp3) is 0.909. The van der Waals surface area contributed by atoms with Gasteiger partial charge in [0, 0.05) is 64.8 Å². The average molecular weight is 557 g/mol. The predicted octanol–water partition coefficient (Wildman–Crippen LogP) is 2.83. The molecule has 0 aliphatic carbocycles. The Morgan fingerprint density at radius 1 is 0.571 bits per heavy atom. The van der Waals surface area contributed by atoms with Gasteiger partial charge in [0.1, 0.15) is 0 Å². The molecule has 0 aliphatic rings. The highest BCUT2D eigenvalue weighted by Gasteiger charge is 2.40. The average Bonchev–Trinajstić information content (AvgIpc) is 2.81. The van der Waals surface area contributed by atoms with Crippen LogP contribution in [0.2, 0.25) is 12.1 Å². The maximum Gasteiger partial charge on any atom is 0.500 e. The van der Waals surface area contributed by atoms with Gasteiger partial charge >= 0.3 is 17.6 Å². The molecule has 0 aromatic carbocycles. The van der Waals surface area contributed by atoms with Gasteiger partial charge in [0.15, 0.2) is 0 Å². The molecule has 0 fully saturated rings. The van der Waals surface area contributed by atoms with Crippen LogP contribution in [-0.2, 0) is 36.1 Å². The topological polar surface area (TPSA) is 114 Å². The van der Waals surface area contributed by atoms with E-state index in [9.17, 15) is 9.59 Å². The van der Waals surface area contributed by atoms with E-state index in [1.165, 1.54) is 11.8 Å². The van der Waals surface area contributed by atoms with Gasteiger partial charge in [-0.2, -0.15) is 0 Å². The van der Waals surface area contributed by atoms with Crippen molar-refractivity contribution in [1.82, 2.24) is 10.6 Å². The summed E-state index contributed by atoms with van der Waals surface area (Å²) in [6.07, 6.45) is 1.41. The first kappa shape index (κ1) is 34.5. The normalized spacial score (nSPS) is 12.1. The number of hydrogen-bond donors (Lipinski definition) is 2. The molecule has 13 heteroatoms. The summed E-state index contributed by atoms with van der Waals surface area (Å²) in [5.41, 5.74) is 0. The molecule has 10 nitrogen and oxygen atoms in total. The third-order valence-electron chi connectivity index (χ3n) is 4.62. The fourth-order valence-corrected chi connectivity index (χ4v) is 9.31. The molecule has 0 atom stereocenters. The van der Waals surface area contributed by atoms with Crippen LogP contribution in [0.25, 0.3) is 0 Å². The molecule has 0 rings (SSSR count). The van der Waals surface area contributed by atoms with Gasteiger partial charge in [-0.1, -0.05) is 0 Å². The summed E-state index contributed by atoms with van der Waals surface area (Å²) in [6, 6.07) is 1.30. The maximum atomic E-state index is 12.1. The molecule has 0 aliphatic heterocycles. The van der Waals surface area contributed by atoms with Crippen LogP contribution >= 0.6 is 11.8 Å². The minimum atomic E-state index is -2.68. The lowest BCUT2D eigenvalue weighted by molar-refractivity contribution is -0.118. The Bertz CT molecular complexity index is 484. The Hall–Kier alpha value is -0.516. The lowest BCUT2D eigenvalue weighted by Gasteiger charge is -2.28. The van der Waals surface area contributed by atoms with E-state index in [4.69, 9.17) is 26.6 Å². The highest BCUT2D eigenvalue weighted by atomic mass is 32.2. The van der Waals surface area contributed by atoms with E-state index in [1.54, 1.807) is 0 Å². The third-order valence-corrected chi connectivity index (χ3v) is 11.9. The molecular formula is C22H48N2O8SSi2. The van der Waals surface area contributed by atoms with E-state index in [1.807, 2.05) is 41.5 Å². The highest BCUT2D eigenvalue weighted by Crippen LogP contribution is 2.18. The van der Waals surface area contributed by atoms with Crippen molar-refractivity contribution in [3.05, 3.63) is 0 Å². The second kappa shape index (κ2) is 21.6. The van der Waals surface area contributed by atoms with Crippen molar-refractivity contribution < 1.29 is 36.1 Å². The van der Waals surface area contributed by atoms with Gasteiger partial charge in [-0.15, -0.1) is 11.8 Å². The first-order valence-electron chi connectivity index (χ1n) is 12.8. The second-order valence-corrected chi connectivity index (χ2v) is 13.8. The Labute approximate surface area is 218 Å². The van der Waals surface area contributed by atoms with Gasteiger partial charge in [0.25, 0.3) is 0 Å². The van der Waals surface area contributed by atoms with Crippen molar-refractivity contribution in [2.24, 2.45) is 0 Å². The van der Waals surface area contributed by atoms with Gasteiger partial charge in [-0.05, 0) is 54.4 Å². The molecule has 0 spiro atoms. The van der Waals surface area contributed by atoms with Crippen LogP contribution in [0.4, 0.5) is 0 Å². The largest absolute Gasteiger partial charge is 0.500 e. The van der Waals surface area contributed by atoms with Gasteiger partial charge in [-0.3, -0.25) is 9.59 Å². The Morgan fingerprint density at radius 2 is 0.857 bits per heavy atom. The fourth-order valence-electron chi connectivity index (χ4n) is 3.41. The summed E-state index contributed by atoms with van der Waals surface area (Å²) < 4.78 is 34.9. The number of carbonyl (C=O) groups excluding carboxylic acids is 2. The number of amides is 2. The minimum absolute atomic E-state index is 0.0970. The zero-order valence-corrected chi connectivity index (χ0v) is 25.4. The summed E-state index contributed by atoms with van der Waals surface area (Å²) in [6.45, 7) is 15.8. The van der Waals surface area contributed by atoms with Gasteiger partial charge in [-0.25, -0.2) is 0 Å². The highest BCUT2D eigenvalue weighted by molar-refractivity contribution is 8.00. The van der Waals surface area contributed by atoms with Crippen molar-refractivity contribution in [3.8, 4) is 0 Å². The van der Waals surface area contributed by atoms with Crippen LogP contribution in [0, 0.1) is 0 Å². The molecule has 208 valence electrons. The number of hydrogen-bond acceptors (Lipinski definition) is 9. The number of thioether (sulfide) groups is 1. The Kier molecular flexibility index (Phi) is 21.2. The van der Waals surface area contributed by atoms with Crippen molar-refractivity contribution in [3.63, 3.8) is 0 Å². The molecule has 2 amide bonds. The molecule has 35 heavy (non-hydrogen) atoms. The monoisotopic (exact) mass is 556 g/mol. The van der Waals surface area contributed by atoms with E-state index in [-0.39, 0.29) is 23.3 Å². The van der Waals surface area contributed by atoms with E-state index < -0.39 is 17.6 Å². The molecule has 0 unspecified atom stereocenters. The van der Waals surface area contributed by atoms with Crippen molar-refractivity contribution >= 4 is 41.2 Å². The summed E-state index contributed by atoms with van der Waals surface area (Å²) in [5.74, 6) is 0.265. The van der Waals surface area contributed by atoms with E-state index in [2.05, 4.69) is 10.6 Å². The molecule has 0 saturated carbocycles. The molecule has 0 radical (unpaired) electrons. The van der Waals surface area contributed by atoms with E-state index in [0.717, 1.165) is 0 Å². The minimum Gasteiger partial charge on any atom is -0.374 e. The van der Waals surface area contributed by atoms with Crippen LogP contribution in [0.15, 0.2) is 0 Å². The van der Waals surface area contributed by atoms with Crippen molar-refractivity contribution in [2.75, 3.05) is 64.2 Å². The molecular weight excluding hydrogens is 508 g/mol. The van der Waals surface area contributed by atoms with E-state index in [0.29, 0.717) is 77.7 Å². The molecule has 0 heterocycles. The zero-order chi connectivity index (χ0) is 26.4. The lowest BCUT2D eigenvalue weighted by Crippen LogP contribution is -2.46. The van der Waals surface area contributed by atoms with Crippen molar-refractivity contribution in [1.29, 1.82) is 0 Å². The first-order chi connectivity index (χ1) is 16.9. The molecule has 0 saturated heterocycles. The van der Waals surface area contributed by atoms with Gasteiger partial charge < -0.3 is 37.2 Å². The van der Waals surface area contributed by atoms with Crippen LogP contribution in [-0.4, -0.2) is 93.7 Å². The van der Waals surface area contributed by atoms with E-state index >= 15 is 0 Å². The SMILES string of the molecule is CCO[Si](CCCNC(=O)CSCC(=O)NCCC[Si](OCC)(OCC)OCC)(OCC)OCC. The number of carbonyl (C=O) groups is 2. The van der Waals surface area contributed by atoms with Crippen LogP contribution < -0.4 is 10.6 Å². The third kappa shape index (κ3) is 16.0. The molecule has 0 bridgehead atoms. The summed E-state index contributed by atoms with van der Waals surface area (Å²) in [7, 11) is -5.36. The van der Waals surface area contributed by atoms with Crippen LogP contribution in [0.3, 0.4) is 0 Å². The molecule has 0 aromatic heterocycles. The lowest BCUT2D eigenvalue weighted by atomic mass is 10.5. The zero-order valence-electron chi connectivity index (χ0n) is 22.6. The summed E-state index contributed by atoms with van der Waals surface area (Å²) in [4.78, 5) is 24.2. The molecule has 2 N–H and O–H groups in total. The Morgan fingerprint density at radius 3 is 1.11 bits per heavy atom. The molecule has 0 aromatic rings. The van der Waals surface area contributed by atoms with Crippen LogP contribution in [0.5, 0.6) is 0 Å². The number of rotatable bonds is 24. The van der Waals surface area contributed by atoms with Gasteiger partial charge in [0.05, 0.1) is 11.5 Å². The summed E-state index contributed by atoms with van der Waals surface area (Å²) in [5, 5.41) is 5.77.